The van der Waals surface area contributed by atoms with Crippen molar-refractivity contribution >= 4 is 12.4 Å². The highest BCUT2D eigenvalue weighted by molar-refractivity contribution is 5.85. The predicted molar refractivity (Wildman–Crippen MR) is 91.1 cm³/mol. The largest absolute Gasteiger partial charge is 0.316 e. The van der Waals surface area contributed by atoms with Gasteiger partial charge >= 0.3 is 0 Å². The fraction of sp³-hybridized carbons (Fsp3) is 0.471. The van der Waals surface area contributed by atoms with E-state index in [-0.39, 0.29) is 12.4 Å². The lowest BCUT2D eigenvalue weighted by atomic mass is 9.87. The maximum absolute atomic E-state index is 4.45. The molecule has 4 rings (SSSR count). The maximum atomic E-state index is 4.45. The van der Waals surface area contributed by atoms with Crippen LogP contribution in [-0.4, -0.2) is 41.3 Å². The van der Waals surface area contributed by atoms with E-state index in [9.17, 15) is 0 Å². The molecular weight excluding hydrogens is 296 g/mol. The molecule has 4 nitrogen and oxygen atoms in total. The van der Waals surface area contributed by atoms with Gasteiger partial charge in [-0.3, -0.25) is 10.00 Å². The van der Waals surface area contributed by atoms with E-state index < -0.39 is 0 Å². The average molecular weight is 319 g/mol. The van der Waals surface area contributed by atoms with Crippen LogP contribution in [-0.2, 0) is 6.54 Å². The van der Waals surface area contributed by atoms with Gasteiger partial charge in [0.25, 0.3) is 0 Å². The van der Waals surface area contributed by atoms with E-state index in [4.69, 9.17) is 0 Å². The molecule has 1 aromatic carbocycles. The van der Waals surface area contributed by atoms with Crippen molar-refractivity contribution in [2.45, 2.75) is 19.4 Å². The number of nitrogens with one attached hydrogen (secondary N) is 2. The SMILES string of the molecule is Cl.c1ccc(-c2cc(CN3CCC4(CCNC4)C3)[nH]n2)cc1. The number of rotatable bonds is 3. The van der Waals surface area contributed by atoms with Gasteiger partial charge in [0, 0.05) is 30.9 Å². The molecule has 118 valence electrons. The average Bonchev–Trinajstić information content (AvgIpc) is 3.24. The lowest BCUT2D eigenvalue weighted by Crippen LogP contribution is -2.29. The van der Waals surface area contributed by atoms with Gasteiger partial charge in [-0.1, -0.05) is 30.3 Å². The van der Waals surface area contributed by atoms with Gasteiger partial charge in [0.1, 0.15) is 0 Å². The molecule has 0 amide bonds. The second-order valence-electron chi connectivity index (χ2n) is 6.53. The first kappa shape index (κ1) is 15.5. The summed E-state index contributed by atoms with van der Waals surface area (Å²) in [7, 11) is 0. The number of hydrogen-bond donors (Lipinski definition) is 2. The molecule has 0 saturated carbocycles. The molecule has 0 aliphatic carbocycles. The summed E-state index contributed by atoms with van der Waals surface area (Å²) in [4.78, 5) is 2.56. The van der Waals surface area contributed by atoms with Crippen molar-refractivity contribution in [2.75, 3.05) is 26.2 Å². The van der Waals surface area contributed by atoms with E-state index in [1.807, 2.05) is 6.07 Å². The summed E-state index contributed by atoms with van der Waals surface area (Å²) in [6, 6.07) is 12.6. The normalized spacial score (nSPS) is 24.7. The minimum Gasteiger partial charge on any atom is -0.316 e. The van der Waals surface area contributed by atoms with Crippen LogP contribution in [0.5, 0.6) is 0 Å². The lowest BCUT2D eigenvalue weighted by molar-refractivity contribution is 0.266. The van der Waals surface area contributed by atoms with Crippen LogP contribution in [0.25, 0.3) is 11.3 Å². The Bertz CT molecular complexity index is 604. The smallest absolute Gasteiger partial charge is 0.0924 e. The van der Waals surface area contributed by atoms with Crippen LogP contribution >= 0.6 is 12.4 Å². The molecule has 2 fully saturated rings. The first-order valence-electron chi connectivity index (χ1n) is 7.86. The zero-order valence-corrected chi connectivity index (χ0v) is 13.5. The molecule has 2 aliphatic rings. The Morgan fingerprint density at radius 2 is 2.05 bits per heavy atom. The molecule has 1 unspecified atom stereocenters. The van der Waals surface area contributed by atoms with Gasteiger partial charge in [-0.05, 0) is 37.4 Å². The van der Waals surface area contributed by atoms with Crippen molar-refractivity contribution in [3.8, 4) is 11.3 Å². The Labute approximate surface area is 137 Å². The number of hydrogen-bond acceptors (Lipinski definition) is 3. The molecule has 2 N–H and O–H groups in total. The Hall–Kier alpha value is -1.36. The van der Waals surface area contributed by atoms with Crippen LogP contribution in [0, 0.1) is 5.41 Å². The van der Waals surface area contributed by atoms with Crippen LogP contribution < -0.4 is 5.32 Å². The molecule has 22 heavy (non-hydrogen) atoms. The Balaban J connectivity index is 0.00000144. The van der Waals surface area contributed by atoms with Gasteiger partial charge < -0.3 is 5.32 Å². The maximum Gasteiger partial charge on any atom is 0.0924 e. The monoisotopic (exact) mass is 318 g/mol. The van der Waals surface area contributed by atoms with Gasteiger partial charge in [0.05, 0.1) is 5.69 Å². The highest BCUT2D eigenvalue weighted by atomic mass is 35.5. The number of halogens is 1. The standard InChI is InChI=1S/C17H22N4.ClH/c1-2-4-14(5-3-1)16-10-15(19-20-16)11-21-9-7-17(13-21)6-8-18-12-17;/h1-5,10,18H,6-9,11-13H2,(H,19,20);1H. The second kappa shape index (κ2) is 6.41. The molecule has 1 spiro atoms. The van der Waals surface area contributed by atoms with Crippen molar-refractivity contribution in [1.82, 2.24) is 20.4 Å². The third-order valence-corrected chi connectivity index (χ3v) is 4.94. The number of benzene rings is 1. The molecule has 2 aliphatic heterocycles. The summed E-state index contributed by atoms with van der Waals surface area (Å²) >= 11 is 0. The van der Waals surface area contributed by atoms with Crippen LogP contribution in [0.4, 0.5) is 0 Å². The van der Waals surface area contributed by atoms with Gasteiger partial charge in [0.15, 0.2) is 0 Å². The fourth-order valence-electron chi connectivity index (χ4n) is 3.75. The van der Waals surface area contributed by atoms with Crippen molar-refractivity contribution in [3.63, 3.8) is 0 Å². The molecule has 3 heterocycles. The minimum atomic E-state index is 0. The quantitative estimate of drug-likeness (QED) is 0.914. The van der Waals surface area contributed by atoms with E-state index in [1.54, 1.807) is 0 Å². The molecular formula is C17H23ClN4. The van der Waals surface area contributed by atoms with Crippen molar-refractivity contribution in [1.29, 1.82) is 0 Å². The van der Waals surface area contributed by atoms with Crippen LogP contribution in [0.2, 0.25) is 0 Å². The van der Waals surface area contributed by atoms with Crippen molar-refractivity contribution in [2.24, 2.45) is 5.41 Å². The van der Waals surface area contributed by atoms with E-state index in [1.165, 1.54) is 50.3 Å². The number of aromatic nitrogens is 2. The molecule has 5 heteroatoms. The Morgan fingerprint density at radius 1 is 1.18 bits per heavy atom. The molecule has 2 aromatic rings. The zero-order valence-electron chi connectivity index (χ0n) is 12.7. The molecule has 0 bridgehead atoms. The summed E-state index contributed by atoms with van der Waals surface area (Å²) in [5.74, 6) is 0. The summed E-state index contributed by atoms with van der Waals surface area (Å²) < 4.78 is 0. The van der Waals surface area contributed by atoms with Crippen LogP contribution in [0.1, 0.15) is 18.5 Å². The lowest BCUT2D eigenvalue weighted by Gasteiger charge is -2.22. The van der Waals surface area contributed by atoms with Gasteiger partial charge in [-0.15, -0.1) is 12.4 Å². The van der Waals surface area contributed by atoms with Gasteiger partial charge in [0.2, 0.25) is 0 Å². The molecule has 0 radical (unpaired) electrons. The summed E-state index contributed by atoms with van der Waals surface area (Å²) in [6.07, 6.45) is 2.67. The second-order valence-corrected chi connectivity index (χ2v) is 6.53. The van der Waals surface area contributed by atoms with Crippen LogP contribution in [0.3, 0.4) is 0 Å². The van der Waals surface area contributed by atoms with Crippen molar-refractivity contribution in [3.05, 3.63) is 42.1 Å². The van der Waals surface area contributed by atoms with E-state index in [0.29, 0.717) is 5.41 Å². The topological polar surface area (TPSA) is 44.0 Å². The van der Waals surface area contributed by atoms with Gasteiger partial charge in [-0.2, -0.15) is 5.10 Å². The predicted octanol–water partition coefficient (Wildman–Crippen LogP) is 2.68. The number of aromatic amines is 1. The van der Waals surface area contributed by atoms with E-state index >= 15 is 0 Å². The number of nitrogens with zero attached hydrogens (tertiary/aromatic N) is 2. The van der Waals surface area contributed by atoms with Crippen LogP contribution in [0.15, 0.2) is 36.4 Å². The van der Waals surface area contributed by atoms with Crippen molar-refractivity contribution < 1.29 is 0 Å². The highest BCUT2D eigenvalue weighted by Crippen LogP contribution is 2.36. The Morgan fingerprint density at radius 3 is 2.82 bits per heavy atom. The molecule has 1 atom stereocenters. The number of H-pyrrole nitrogens is 1. The highest BCUT2D eigenvalue weighted by Gasteiger charge is 2.40. The first-order chi connectivity index (χ1) is 10.3. The molecule has 1 aromatic heterocycles. The van der Waals surface area contributed by atoms with E-state index in [2.05, 4.69) is 50.7 Å². The Kier molecular flexibility index (Phi) is 4.52. The minimum absolute atomic E-state index is 0. The summed E-state index contributed by atoms with van der Waals surface area (Å²) in [6.45, 7) is 5.81. The zero-order chi connectivity index (χ0) is 14.1. The van der Waals surface area contributed by atoms with Gasteiger partial charge in [-0.25, -0.2) is 0 Å². The third-order valence-electron chi connectivity index (χ3n) is 4.94. The number of likely N-dealkylation sites (tertiary alicyclic amines) is 1. The third kappa shape index (κ3) is 3.05. The summed E-state index contributed by atoms with van der Waals surface area (Å²) in [5, 5.41) is 11.2. The fourth-order valence-corrected chi connectivity index (χ4v) is 3.75. The first-order valence-corrected chi connectivity index (χ1v) is 7.86. The molecule has 2 saturated heterocycles. The summed E-state index contributed by atoms with van der Waals surface area (Å²) in [5.41, 5.74) is 3.99. The van der Waals surface area contributed by atoms with E-state index in [0.717, 1.165) is 12.2 Å².